The Kier molecular flexibility index (Phi) is 7.42. The monoisotopic (exact) mass is 523 g/mol. The molecule has 0 spiro atoms. The summed E-state index contributed by atoms with van der Waals surface area (Å²) in [6.45, 7) is 0. The molecule has 0 radical (unpaired) electrons. The SMILES string of the molecule is COc1cccc(-c2cc(C(=O)Nc3ccc4nc(-c5ccccc5)[nH]c4c3)[nH]n2)c1.O=C(O)C(F)(F)F. The molecule has 0 atom stereocenters. The maximum Gasteiger partial charge on any atom is 0.490 e. The summed E-state index contributed by atoms with van der Waals surface area (Å²) in [5, 5.41) is 17.1. The third-order valence-electron chi connectivity index (χ3n) is 5.22. The number of nitrogens with zero attached hydrogens (tertiary/aromatic N) is 2. The van der Waals surface area contributed by atoms with Crippen LogP contribution in [0.2, 0.25) is 0 Å². The number of hydrogen-bond donors (Lipinski definition) is 4. The summed E-state index contributed by atoms with van der Waals surface area (Å²) in [4.78, 5) is 29.5. The number of H-pyrrole nitrogens is 2. The van der Waals surface area contributed by atoms with Gasteiger partial charge in [0.15, 0.2) is 0 Å². The summed E-state index contributed by atoms with van der Waals surface area (Å²) in [6.07, 6.45) is -5.08. The lowest BCUT2D eigenvalue weighted by Gasteiger charge is -2.03. The minimum Gasteiger partial charge on any atom is -0.497 e. The molecule has 0 fully saturated rings. The summed E-state index contributed by atoms with van der Waals surface area (Å²) in [5.74, 6) is -1.51. The van der Waals surface area contributed by atoms with E-state index in [4.69, 9.17) is 14.6 Å². The average Bonchev–Trinajstić information content (AvgIpc) is 3.57. The number of ether oxygens (including phenoxy) is 1. The van der Waals surface area contributed by atoms with Crippen molar-refractivity contribution in [3.05, 3.63) is 84.6 Å². The lowest BCUT2D eigenvalue weighted by atomic mass is 10.1. The number of carbonyl (C=O) groups excluding carboxylic acids is 1. The van der Waals surface area contributed by atoms with Crippen molar-refractivity contribution < 1.29 is 32.6 Å². The molecule has 0 bridgehead atoms. The first-order chi connectivity index (χ1) is 18.1. The van der Waals surface area contributed by atoms with Crippen molar-refractivity contribution in [3.8, 4) is 28.4 Å². The molecule has 0 saturated carbocycles. The Hall–Kier alpha value is -5.13. The van der Waals surface area contributed by atoms with Crippen LogP contribution >= 0.6 is 0 Å². The highest BCUT2D eigenvalue weighted by molar-refractivity contribution is 6.04. The number of anilines is 1. The number of methoxy groups -OCH3 is 1. The van der Waals surface area contributed by atoms with Crippen LogP contribution in [-0.4, -0.2) is 50.4 Å². The molecule has 0 aliphatic rings. The molecule has 2 heterocycles. The smallest absolute Gasteiger partial charge is 0.490 e. The second-order valence-electron chi connectivity index (χ2n) is 7.84. The molecular formula is C26H20F3N5O4. The number of fused-ring (bicyclic) bond motifs is 1. The van der Waals surface area contributed by atoms with Gasteiger partial charge in [-0.3, -0.25) is 9.89 Å². The number of alkyl halides is 3. The van der Waals surface area contributed by atoms with Crippen LogP contribution in [0.25, 0.3) is 33.7 Å². The Balaban J connectivity index is 0.000000426. The predicted octanol–water partition coefficient (Wildman–Crippen LogP) is 5.51. The van der Waals surface area contributed by atoms with E-state index in [9.17, 15) is 18.0 Å². The topological polar surface area (TPSA) is 133 Å². The zero-order valence-electron chi connectivity index (χ0n) is 19.7. The van der Waals surface area contributed by atoms with Crippen molar-refractivity contribution in [1.29, 1.82) is 0 Å². The van der Waals surface area contributed by atoms with Gasteiger partial charge in [0.2, 0.25) is 0 Å². The van der Waals surface area contributed by atoms with Gasteiger partial charge in [-0.25, -0.2) is 9.78 Å². The Morgan fingerprint density at radius 2 is 1.66 bits per heavy atom. The van der Waals surface area contributed by atoms with Crippen molar-refractivity contribution in [3.63, 3.8) is 0 Å². The highest BCUT2D eigenvalue weighted by Crippen LogP contribution is 2.25. The van der Waals surface area contributed by atoms with Crippen LogP contribution in [0.1, 0.15) is 10.5 Å². The summed E-state index contributed by atoms with van der Waals surface area (Å²) in [7, 11) is 1.61. The van der Waals surface area contributed by atoms with Crippen molar-refractivity contribution in [2.45, 2.75) is 6.18 Å². The summed E-state index contributed by atoms with van der Waals surface area (Å²) < 4.78 is 37.0. The van der Waals surface area contributed by atoms with Crippen LogP contribution in [-0.2, 0) is 4.79 Å². The fourth-order valence-electron chi connectivity index (χ4n) is 3.39. The van der Waals surface area contributed by atoms with Gasteiger partial charge in [0.05, 0.1) is 23.8 Å². The van der Waals surface area contributed by atoms with Gasteiger partial charge in [-0.05, 0) is 36.4 Å². The number of carbonyl (C=O) groups is 2. The normalized spacial score (nSPS) is 10.9. The molecule has 0 unspecified atom stereocenters. The number of nitrogens with one attached hydrogen (secondary N) is 3. The first-order valence-electron chi connectivity index (χ1n) is 11.0. The van der Waals surface area contributed by atoms with E-state index in [1.807, 2.05) is 72.8 Å². The van der Waals surface area contributed by atoms with E-state index in [2.05, 4.69) is 25.5 Å². The number of benzene rings is 3. The highest BCUT2D eigenvalue weighted by atomic mass is 19.4. The molecular weight excluding hydrogens is 503 g/mol. The minimum atomic E-state index is -5.08. The van der Waals surface area contributed by atoms with Crippen LogP contribution in [0.15, 0.2) is 78.9 Å². The van der Waals surface area contributed by atoms with E-state index in [0.717, 1.165) is 33.7 Å². The molecule has 12 heteroatoms. The number of aromatic nitrogens is 4. The van der Waals surface area contributed by atoms with Crippen molar-refractivity contribution >= 4 is 28.6 Å². The zero-order valence-corrected chi connectivity index (χ0v) is 19.7. The fraction of sp³-hybridized carbons (Fsp3) is 0.0769. The average molecular weight is 523 g/mol. The minimum absolute atomic E-state index is 0.274. The third kappa shape index (κ3) is 6.16. The number of aliphatic carboxylic acids is 1. The second kappa shape index (κ2) is 10.9. The molecule has 0 saturated heterocycles. The van der Waals surface area contributed by atoms with Gasteiger partial charge in [0, 0.05) is 16.8 Å². The van der Waals surface area contributed by atoms with Gasteiger partial charge in [-0.1, -0.05) is 42.5 Å². The molecule has 0 aliphatic heterocycles. The lowest BCUT2D eigenvalue weighted by molar-refractivity contribution is -0.192. The molecule has 5 aromatic rings. The molecule has 4 N–H and O–H groups in total. The van der Waals surface area contributed by atoms with Crippen LogP contribution in [0.5, 0.6) is 5.75 Å². The predicted molar refractivity (Wildman–Crippen MR) is 134 cm³/mol. The van der Waals surface area contributed by atoms with E-state index in [-0.39, 0.29) is 5.91 Å². The quantitative estimate of drug-likeness (QED) is 0.240. The van der Waals surface area contributed by atoms with Gasteiger partial charge in [0.1, 0.15) is 17.3 Å². The van der Waals surface area contributed by atoms with Crippen LogP contribution in [0, 0.1) is 0 Å². The summed E-state index contributed by atoms with van der Waals surface area (Å²) in [6, 6.07) is 24.7. The number of amides is 1. The van der Waals surface area contributed by atoms with Gasteiger partial charge in [-0.15, -0.1) is 0 Å². The molecule has 5 rings (SSSR count). The van der Waals surface area contributed by atoms with Gasteiger partial charge in [0.25, 0.3) is 5.91 Å². The zero-order chi connectivity index (χ0) is 27.3. The third-order valence-corrected chi connectivity index (χ3v) is 5.22. The first kappa shape index (κ1) is 25.9. The van der Waals surface area contributed by atoms with E-state index >= 15 is 0 Å². The molecule has 9 nitrogen and oxygen atoms in total. The standard InChI is InChI=1S/C24H19N5O2.C2HF3O2/c1-31-18-9-5-8-16(12-18)20-14-22(29-28-20)24(30)25-17-10-11-19-21(13-17)27-23(26-19)15-6-3-2-4-7-15;3-2(4,5)1(6)7/h2-14H,1H3,(H,25,30)(H,26,27)(H,28,29);(H,6,7). The Morgan fingerprint density at radius 1 is 0.947 bits per heavy atom. The number of halogens is 3. The molecule has 1 amide bonds. The highest BCUT2D eigenvalue weighted by Gasteiger charge is 2.38. The first-order valence-corrected chi connectivity index (χ1v) is 11.0. The maximum atomic E-state index is 12.7. The van der Waals surface area contributed by atoms with Crippen molar-refractivity contribution in [2.75, 3.05) is 12.4 Å². The van der Waals surface area contributed by atoms with Gasteiger partial charge >= 0.3 is 12.1 Å². The Labute approximate surface area is 213 Å². The van der Waals surface area contributed by atoms with Crippen LogP contribution in [0.4, 0.5) is 18.9 Å². The molecule has 2 aromatic heterocycles. The van der Waals surface area contributed by atoms with Crippen LogP contribution < -0.4 is 10.1 Å². The fourth-order valence-corrected chi connectivity index (χ4v) is 3.39. The largest absolute Gasteiger partial charge is 0.497 e. The molecule has 194 valence electrons. The number of carboxylic acid groups (broad SMARTS) is 1. The Bertz CT molecular complexity index is 1580. The lowest BCUT2D eigenvalue weighted by Crippen LogP contribution is -2.21. The van der Waals surface area contributed by atoms with E-state index in [1.165, 1.54) is 0 Å². The van der Waals surface area contributed by atoms with E-state index in [1.54, 1.807) is 13.2 Å². The Morgan fingerprint density at radius 3 is 2.34 bits per heavy atom. The van der Waals surface area contributed by atoms with E-state index < -0.39 is 12.1 Å². The number of hydrogen-bond acceptors (Lipinski definition) is 5. The number of imidazole rings is 1. The number of aromatic amines is 2. The number of carboxylic acids is 1. The van der Waals surface area contributed by atoms with Crippen molar-refractivity contribution in [2.24, 2.45) is 0 Å². The van der Waals surface area contributed by atoms with E-state index in [0.29, 0.717) is 17.1 Å². The van der Waals surface area contributed by atoms with Crippen molar-refractivity contribution in [1.82, 2.24) is 20.2 Å². The van der Waals surface area contributed by atoms with Gasteiger partial charge < -0.3 is 20.1 Å². The molecule has 3 aromatic carbocycles. The summed E-state index contributed by atoms with van der Waals surface area (Å²) in [5.41, 5.74) is 5.25. The second-order valence-corrected chi connectivity index (χ2v) is 7.84. The summed E-state index contributed by atoms with van der Waals surface area (Å²) >= 11 is 0. The van der Waals surface area contributed by atoms with Crippen LogP contribution in [0.3, 0.4) is 0 Å². The molecule has 38 heavy (non-hydrogen) atoms. The maximum absolute atomic E-state index is 12.7. The van der Waals surface area contributed by atoms with Gasteiger partial charge in [-0.2, -0.15) is 18.3 Å². The number of rotatable bonds is 5. The molecule has 0 aliphatic carbocycles.